The number of imidazole rings is 1. The number of carbonyl (C=O) groups excluding carboxylic acids is 1. The lowest BCUT2D eigenvalue weighted by molar-refractivity contribution is 0.0503. The minimum Gasteiger partial charge on any atom is -0.376 e. The monoisotopic (exact) mass is 335 g/mol. The Labute approximate surface area is 146 Å². The maximum absolute atomic E-state index is 13.1. The highest BCUT2D eigenvalue weighted by Gasteiger charge is 2.25. The number of amides is 1. The molecule has 3 heterocycles. The molecule has 25 heavy (non-hydrogen) atoms. The third kappa shape index (κ3) is 3.56. The zero-order valence-corrected chi connectivity index (χ0v) is 14.0. The smallest absolute Gasteiger partial charge is 0.274 e. The van der Waals surface area contributed by atoms with Gasteiger partial charge in [-0.15, -0.1) is 0 Å². The van der Waals surface area contributed by atoms with Gasteiger partial charge in [0.1, 0.15) is 11.3 Å². The molecule has 1 aromatic carbocycles. The van der Waals surface area contributed by atoms with Crippen LogP contribution in [0.15, 0.2) is 60.9 Å². The van der Waals surface area contributed by atoms with Gasteiger partial charge in [-0.25, -0.2) is 4.98 Å². The summed E-state index contributed by atoms with van der Waals surface area (Å²) in [6.07, 6.45) is 5.88. The number of aromatic nitrogens is 2. The molecule has 0 spiro atoms. The Morgan fingerprint density at radius 2 is 2.04 bits per heavy atom. The number of hydrogen-bond donors (Lipinski definition) is 0. The standard InChI is InChI=1S/C20H21N3O2/c24-20(18-15-22-11-5-4-10-19(22)21-18)23(14-17-9-6-12-25-17)13-16-7-2-1-3-8-16/h1-5,7-8,10-11,15,17H,6,9,12-14H2/t17-/m1/s1. The summed E-state index contributed by atoms with van der Waals surface area (Å²) in [6.45, 7) is 1.95. The summed E-state index contributed by atoms with van der Waals surface area (Å²) in [4.78, 5) is 19.4. The van der Waals surface area contributed by atoms with Crippen molar-refractivity contribution >= 4 is 11.6 Å². The van der Waals surface area contributed by atoms with Crippen molar-refractivity contribution in [2.24, 2.45) is 0 Å². The van der Waals surface area contributed by atoms with Crippen molar-refractivity contribution in [2.75, 3.05) is 13.2 Å². The van der Waals surface area contributed by atoms with E-state index >= 15 is 0 Å². The number of carbonyl (C=O) groups is 1. The number of nitrogens with zero attached hydrogens (tertiary/aromatic N) is 3. The Kier molecular flexibility index (Phi) is 4.48. The Morgan fingerprint density at radius 1 is 1.20 bits per heavy atom. The minimum absolute atomic E-state index is 0.0527. The van der Waals surface area contributed by atoms with Crippen molar-refractivity contribution in [3.63, 3.8) is 0 Å². The highest BCUT2D eigenvalue weighted by Crippen LogP contribution is 2.17. The predicted molar refractivity (Wildman–Crippen MR) is 95.3 cm³/mol. The molecule has 1 saturated heterocycles. The summed E-state index contributed by atoms with van der Waals surface area (Å²) in [5, 5.41) is 0. The lowest BCUT2D eigenvalue weighted by Crippen LogP contribution is -2.37. The van der Waals surface area contributed by atoms with Crippen LogP contribution in [0.4, 0.5) is 0 Å². The topological polar surface area (TPSA) is 46.8 Å². The fourth-order valence-corrected chi connectivity index (χ4v) is 3.26. The van der Waals surface area contributed by atoms with Crippen molar-refractivity contribution in [3.05, 3.63) is 72.2 Å². The Bertz CT molecular complexity index is 821. The van der Waals surface area contributed by atoms with Crippen molar-refractivity contribution in [2.45, 2.75) is 25.5 Å². The molecular weight excluding hydrogens is 314 g/mol. The van der Waals surface area contributed by atoms with E-state index in [2.05, 4.69) is 4.98 Å². The normalized spacial score (nSPS) is 17.0. The molecule has 0 radical (unpaired) electrons. The molecule has 3 aromatic rings. The van der Waals surface area contributed by atoms with Crippen LogP contribution in [0.2, 0.25) is 0 Å². The molecule has 5 nitrogen and oxygen atoms in total. The molecule has 1 atom stereocenters. The second-order valence-electron chi connectivity index (χ2n) is 6.40. The van der Waals surface area contributed by atoms with Gasteiger partial charge < -0.3 is 14.0 Å². The average Bonchev–Trinajstić information content (AvgIpc) is 3.30. The summed E-state index contributed by atoms with van der Waals surface area (Å²) >= 11 is 0. The zero-order chi connectivity index (χ0) is 17.1. The highest BCUT2D eigenvalue weighted by molar-refractivity contribution is 5.93. The van der Waals surface area contributed by atoms with E-state index in [4.69, 9.17) is 4.74 Å². The van der Waals surface area contributed by atoms with Crippen LogP contribution in [0.5, 0.6) is 0 Å². The van der Waals surface area contributed by atoms with E-state index in [0.717, 1.165) is 30.7 Å². The van der Waals surface area contributed by atoms with Gasteiger partial charge in [0.25, 0.3) is 5.91 Å². The number of rotatable bonds is 5. The molecule has 0 saturated carbocycles. The molecule has 0 bridgehead atoms. The molecule has 1 amide bonds. The molecule has 0 N–H and O–H groups in total. The van der Waals surface area contributed by atoms with Crippen LogP contribution in [0.3, 0.4) is 0 Å². The van der Waals surface area contributed by atoms with E-state index in [1.165, 1.54) is 0 Å². The van der Waals surface area contributed by atoms with Gasteiger partial charge in [-0.2, -0.15) is 0 Å². The number of pyridine rings is 1. The van der Waals surface area contributed by atoms with Gasteiger partial charge in [0.05, 0.1) is 6.10 Å². The van der Waals surface area contributed by atoms with Crippen molar-refractivity contribution in [3.8, 4) is 0 Å². The molecule has 1 fully saturated rings. The third-order valence-corrected chi connectivity index (χ3v) is 4.53. The van der Waals surface area contributed by atoms with E-state index in [1.54, 1.807) is 6.20 Å². The van der Waals surface area contributed by atoms with Gasteiger partial charge in [0.15, 0.2) is 0 Å². The van der Waals surface area contributed by atoms with Crippen LogP contribution in [0, 0.1) is 0 Å². The van der Waals surface area contributed by atoms with Crippen molar-refractivity contribution in [1.82, 2.24) is 14.3 Å². The van der Waals surface area contributed by atoms with Gasteiger partial charge in [-0.3, -0.25) is 4.79 Å². The third-order valence-electron chi connectivity index (χ3n) is 4.53. The highest BCUT2D eigenvalue weighted by atomic mass is 16.5. The van der Waals surface area contributed by atoms with E-state index in [1.807, 2.05) is 64.0 Å². The number of fused-ring (bicyclic) bond motifs is 1. The SMILES string of the molecule is O=C(c1cn2ccccc2n1)N(Cc1ccccc1)C[C@H]1CCCO1. The Balaban J connectivity index is 1.59. The summed E-state index contributed by atoms with van der Waals surface area (Å²) in [5.41, 5.74) is 2.36. The fraction of sp³-hybridized carbons (Fsp3) is 0.300. The summed E-state index contributed by atoms with van der Waals surface area (Å²) in [6, 6.07) is 15.8. The van der Waals surface area contributed by atoms with Crippen LogP contribution in [-0.4, -0.2) is 39.4 Å². The zero-order valence-electron chi connectivity index (χ0n) is 14.0. The first-order valence-corrected chi connectivity index (χ1v) is 8.68. The van der Waals surface area contributed by atoms with Crippen LogP contribution in [0.1, 0.15) is 28.9 Å². The van der Waals surface area contributed by atoms with Gasteiger partial charge in [-0.1, -0.05) is 36.4 Å². The molecular formula is C20H21N3O2. The van der Waals surface area contributed by atoms with Crippen LogP contribution in [0.25, 0.3) is 5.65 Å². The van der Waals surface area contributed by atoms with Gasteiger partial charge in [0, 0.05) is 32.1 Å². The maximum atomic E-state index is 13.1. The molecule has 0 aliphatic carbocycles. The Morgan fingerprint density at radius 3 is 2.80 bits per heavy atom. The predicted octanol–water partition coefficient (Wildman–Crippen LogP) is 3.16. The lowest BCUT2D eigenvalue weighted by Gasteiger charge is -2.25. The number of hydrogen-bond acceptors (Lipinski definition) is 3. The number of benzene rings is 1. The van der Waals surface area contributed by atoms with Gasteiger partial charge in [-0.05, 0) is 30.5 Å². The van der Waals surface area contributed by atoms with E-state index in [9.17, 15) is 4.79 Å². The first kappa shape index (κ1) is 15.8. The quantitative estimate of drug-likeness (QED) is 0.719. The molecule has 4 rings (SSSR count). The molecule has 0 unspecified atom stereocenters. The first-order chi connectivity index (χ1) is 12.3. The lowest BCUT2D eigenvalue weighted by atomic mass is 10.1. The van der Waals surface area contributed by atoms with Gasteiger partial charge >= 0.3 is 0 Å². The second kappa shape index (κ2) is 7.07. The molecule has 128 valence electrons. The average molecular weight is 335 g/mol. The van der Waals surface area contributed by atoms with E-state index < -0.39 is 0 Å². The molecule has 2 aromatic heterocycles. The first-order valence-electron chi connectivity index (χ1n) is 8.68. The largest absolute Gasteiger partial charge is 0.376 e. The van der Waals surface area contributed by atoms with Crippen LogP contribution < -0.4 is 0 Å². The van der Waals surface area contributed by atoms with Crippen LogP contribution in [-0.2, 0) is 11.3 Å². The maximum Gasteiger partial charge on any atom is 0.274 e. The van der Waals surface area contributed by atoms with Crippen molar-refractivity contribution < 1.29 is 9.53 Å². The minimum atomic E-state index is -0.0527. The fourth-order valence-electron chi connectivity index (χ4n) is 3.26. The van der Waals surface area contributed by atoms with E-state index in [-0.39, 0.29) is 12.0 Å². The van der Waals surface area contributed by atoms with Crippen LogP contribution >= 0.6 is 0 Å². The van der Waals surface area contributed by atoms with E-state index in [0.29, 0.717) is 18.8 Å². The summed E-state index contributed by atoms with van der Waals surface area (Å²) in [5.74, 6) is -0.0527. The second-order valence-corrected chi connectivity index (χ2v) is 6.40. The molecule has 5 heteroatoms. The summed E-state index contributed by atoms with van der Waals surface area (Å²) in [7, 11) is 0. The summed E-state index contributed by atoms with van der Waals surface area (Å²) < 4.78 is 7.62. The Hall–Kier alpha value is -2.66. The molecule has 1 aliphatic rings. The number of ether oxygens (including phenoxy) is 1. The van der Waals surface area contributed by atoms with Gasteiger partial charge in [0.2, 0.25) is 0 Å². The molecule has 1 aliphatic heterocycles. The van der Waals surface area contributed by atoms with Crippen molar-refractivity contribution in [1.29, 1.82) is 0 Å².